The summed E-state index contributed by atoms with van der Waals surface area (Å²) in [4.78, 5) is 17.1. The molecule has 10 heteroatoms. The van der Waals surface area contributed by atoms with Crippen LogP contribution in [0.15, 0.2) is 41.3 Å². The number of hydrogen-bond donors (Lipinski definition) is 0. The van der Waals surface area contributed by atoms with E-state index in [9.17, 15) is 22.0 Å². The summed E-state index contributed by atoms with van der Waals surface area (Å²) < 4.78 is 61.1. The SMILES string of the molecule is Cc1cc(C)c(S(=O)(=O)N2CCC(C(=O)OCc3nc4ccccc4n3C(F)F)CC2)c(C)c1. The lowest BCUT2D eigenvalue weighted by molar-refractivity contribution is -0.151. The molecule has 2 aromatic carbocycles. The summed E-state index contributed by atoms with van der Waals surface area (Å²) >= 11 is 0. The van der Waals surface area contributed by atoms with Crippen molar-refractivity contribution in [2.45, 2.75) is 51.7 Å². The molecule has 0 aliphatic carbocycles. The van der Waals surface area contributed by atoms with Crippen molar-refractivity contribution in [2.24, 2.45) is 5.92 Å². The zero-order valence-corrected chi connectivity index (χ0v) is 20.1. The first-order valence-corrected chi connectivity index (χ1v) is 12.5. The van der Waals surface area contributed by atoms with Crippen molar-refractivity contribution < 1.29 is 26.7 Å². The van der Waals surface area contributed by atoms with Crippen molar-refractivity contribution >= 4 is 27.0 Å². The van der Waals surface area contributed by atoms with Gasteiger partial charge in [0, 0.05) is 13.1 Å². The van der Waals surface area contributed by atoms with Gasteiger partial charge in [0.05, 0.1) is 21.8 Å². The molecule has 0 atom stereocenters. The van der Waals surface area contributed by atoms with Gasteiger partial charge >= 0.3 is 12.5 Å². The molecule has 2 heterocycles. The predicted octanol–water partition coefficient (Wildman–Crippen LogP) is 4.50. The molecule has 3 aromatic rings. The van der Waals surface area contributed by atoms with Gasteiger partial charge in [-0.3, -0.25) is 9.36 Å². The topological polar surface area (TPSA) is 81.5 Å². The van der Waals surface area contributed by atoms with E-state index in [-0.39, 0.29) is 31.0 Å². The van der Waals surface area contributed by atoms with Crippen molar-refractivity contribution in [3.05, 3.63) is 58.9 Å². The molecule has 4 rings (SSSR count). The van der Waals surface area contributed by atoms with Crippen LogP contribution in [0.5, 0.6) is 0 Å². The van der Waals surface area contributed by atoms with Crippen LogP contribution in [0.3, 0.4) is 0 Å². The minimum atomic E-state index is -3.69. The van der Waals surface area contributed by atoms with Crippen LogP contribution in [0.2, 0.25) is 0 Å². The molecule has 0 N–H and O–H groups in total. The number of esters is 1. The highest BCUT2D eigenvalue weighted by Gasteiger charge is 2.34. The number of aromatic nitrogens is 2. The normalized spacial score (nSPS) is 15.8. The zero-order valence-electron chi connectivity index (χ0n) is 19.3. The Balaban J connectivity index is 1.41. The van der Waals surface area contributed by atoms with Gasteiger partial charge in [0.15, 0.2) is 5.82 Å². The molecule has 34 heavy (non-hydrogen) atoms. The lowest BCUT2D eigenvalue weighted by Gasteiger charge is -2.31. The second-order valence-corrected chi connectivity index (χ2v) is 10.6. The van der Waals surface area contributed by atoms with E-state index < -0.39 is 28.5 Å². The van der Waals surface area contributed by atoms with E-state index in [0.29, 0.717) is 34.4 Å². The van der Waals surface area contributed by atoms with Crippen LogP contribution in [0.4, 0.5) is 8.78 Å². The van der Waals surface area contributed by atoms with Crippen molar-refractivity contribution in [1.29, 1.82) is 0 Å². The van der Waals surface area contributed by atoms with Crippen molar-refractivity contribution in [1.82, 2.24) is 13.9 Å². The maximum Gasteiger partial charge on any atom is 0.320 e. The molecule has 1 aliphatic rings. The molecule has 1 aromatic heterocycles. The fraction of sp³-hybridized carbons (Fsp3) is 0.417. The summed E-state index contributed by atoms with van der Waals surface area (Å²) in [5.74, 6) is -1.07. The number of rotatable bonds is 6. The monoisotopic (exact) mass is 491 g/mol. The molecule has 0 amide bonds. The summed E-state index contributed by atoms with van der Waals surface area (Å²) in [6.45, 7) is 2.66. The van der Waals surface area contributed by atoms with Crippen LogP contribution in [0.25, 0.3) is 11.0 Å². The van der Waals surface area contributed by atoms with Crippen LogP contribution < -0.4 is 0 Å². The maximum absolute atomic E-state index is 13.6. The zero-order chi connectivity index (χ0) is 24.6. The average molecular weight is 492 g/mol. The van der Waals surface area contributed by atoms with Crippen LogP contribution in [0, 0.1) is 26.7 Å². The van der Waals surface area contributed by atoms with Crippen molar-refractivity contribution in [3.8, 4) is 0 Å². The Hall–Kier alpha value is -2.85. The van der Waals surface area contributed by atoms with Crippen LogP contribution >= 0.6 is 0 Å². The fourth-order valence-electron chi connectivity index (χ4n) is 4.70. The van der Waals surface area contributed by atoms with Gasteiger partial charge in [0.2, 0.25) is 10.0 Å². The Bertz CT molecular complexity index is 1310. The highest BCUT2D eigenvalue weighted by Crippen LogP contribution is 2.30. The molecule has 0 radical (unpaired) electrons. The number of sulfonamides is 1. The number of alkyl halides is 2. The number of para-hydroxylation sites is 2. The number of aryl methyl sites for hydroxylation is 3. The molecule has 0 spiro atoms. The third-order valence-corrected chi connectivity index (χ3v) is 8.40. The van der Waals surface area contributed by atoms with Gasteiger partial charge in [0.1, 0.15) is 6.61 Å². The molecular formula is C24H27F2N3O4S. The lowest BCUT2D eigenvalue weighted by Crippen LogP contribution is -2.41. The second kappa shape index (κ2) is 9.42. The second-order valence-electron chi connectivity index (χ2n) is 8.68. The van der Waals surface area contributed by atoms with Crippen LogP contribution in [-0.4, -0.2) is 41.3 Å². The number of imidazole rings is 1. The summed E-state index contributed by atoms with van der Waals surface area (Å²) in [6, 6.07) is 10.2. The number of carbonyl (C=O) groups excluding carboxylic acids is 1. The third-order valence-electron chi connectivity index (χ3n) is 6.20. The first-order chi connectivity index (χ1) is 16.1. The van der Waals surface area contributed by atoms with Gasteiger partial charge in [-0.05, 0) is 56.9 Å². The summed E-state index contributed by atoms with van der Waals surface area (Å²) in [5.41, 5.74) is 3.05. The van der Waals surface area contributed by atoms with E-state index in [0.717, 1.165) is 10.1 Å². The number of halogens is 2. The number of ether oxygens (including phenoxy) is 1. The molecule has 7 nitrogen and oxygen atoms in total. The standard InChI is InChI=1S/C24H27F2N3O4S/c1-15-12-16(2)22(17(3)13-15)34(31,32)28-10-8-18(9-11-28)23(30)33-14-21-27-19-6-4-5-7-20(19)29(21)24(25)26/h4-7,12-13,18,24H,8-11,14H2,1-3H3. The van der Waals surface area contributed by atoms with Crippen molar-refractivity contribution in [2.75, 3.05) is 13.1 Å². The Labute approximate surface area is 197 Å². The molecule has 182 valence electrons. The number of nitrogens with zero attached hydrogens (tertiary/aromatic N) is 3. The molecule has 1 fully saturated rings. The number of benzene rings is 2. The Morgan fingerprint density at radius 2 is 1.74 bits per heavy atom. The molecule has 1 saturated heterocycles. The highest BCUT2D eigenvalue weighted by molar-refractivity contribution is 7.89. The lowest BCUT2D eigenvalue weighted by atomic mass is 9.98. The van der Waals surface area contributed by atoms with Crippen LogP contribution in [-0.2, 0) is 26.2 Å². The van der Waals surface area contributed by atoms with E-state index in [1.807, 2.05) is 19.1 Å². The predicted molar refractivity (Wildman–Crippen MR) is 123 cm³/mol. The highest BCUT2D eigenvalue weighted by atomic mass is 32.2. The Kier molecular flexibility index (Phi) is 6.73. The first-order valence-electron chi connectivity index (χ1n) is 11.1. The number of piperidine rings is 1. The molecule has 1 aliphatic heterocycles. The molecule has 0 bridgehead atoms. The van der Waals surface area contributed by atoms with Gasteiger partial charge in [-0.1, -0.05) is 29.8 Å². The summed E-state index contributed by atoms with van der Waals surface area (Å²) in [6.07, 6.45) is 0.598. The number of fused-ring (bicyclic) bond motifs is 1. The van der Waals surface area contributed by atoms with Crippen LogP contribution in [0.1, 0.15) is 41.9 Å². The van der Waals surface area contributed by atoms with E-state index in [1.54, 1.807) is 32.0 Å². The van der Waals surface area contributed by atoms with Gasteiger partial charge in [-0.25, -0.2) is 13.4 Å². The van der Waals surface area contributed by atoms with Gasteiger partial charge in [-0.2, -0.15) is 13.1 Å². The van der Waals surface area contributed by atoms with E-state index >= 15 is 0 Å². The first kappa shape index (κ1) is 24.3. The summed E-state index contributed by atoms with van der Waals surface area (Å²) in [5, 5.41) is 0. The summed E-state index contributed by atoms with van der Waals surface area (Å²) in [7, 11) is -3.69. The minimum absolute atomic E-state index is 0.0325. The molecule has 0 unspecified atom stereocenters. The van der Waals surface area contributed by atoms with Gasteiger partial charge in [0.25, 0.3) is 0 Å². The van der Waals surface area contributed by atoms with E-state index in [4.69, 9.17) is 4.74 Å². The minimum Gasteiger partial charge on any atom is -0.457 e. The van der Waals surface area contributed by atoms with Crippen molar-refractivity contribution in [3.63, 3.8) is 0 Å². The van der Waals surface area contributed by atoms with Gasteiger partial charge in [-0.15, -0.1) is 0 Å². The van der Waals surface area contributed by atoms with Gasteiger partial charge < -0.3 is 4.74 Å². The Morgan fingerprint density at radius 1 is 1.12 bits per heavy atom. The number of carbonyl (C=O) groups is 1. The molecular weight excluding hydrogens is 464 g/mol. The average Bonchev–Trinajstić information content (AvgIpc) is 3.15. The fourth-order valence-corrected chi connectivity index (χ4v) is 6.58. The maximum atomic E-state index is 13.6. The third kappa shape index (κ3) is 4.56. The largest absolute Gasteiger partial charge is 0.457 e. The number of hydrogen-bond acceptors (Lipinski definition) is 5. The Morgan fingerprint density at radius 3 is 2.35 bits per heavy atom. The quantitative estimate of drug-likeness (QED) is 0.474. The van der Waals surface area contributed by atoms with E-state index in [2.05, 4.69) is 4.98 Å². The molecule has 0 saturated carbocycles. The van der Waals surface area contributed by atoms with E-state index in [1.165, 1.54) is 10.4 Å². The smallest absolute Gasteiger partial charge is 0.320 e.